The van der Waals surface area contributed by atoms with Crippen molar-refractivity contribution in [1.82, 2.24) is 10.3 Å². The number of fused-ring (bicyclic) bond motifs is 5. The minimum atomic E-state index is -0.433. The number of hydrogen-bond donors (Lipinski definition) is 2. The first kappa shape index (κ1) is 21.4. The van der Waals surface area contributed by atoms with Crippen LogP contribution in [0.15, 0.2) is 24.5 Å². The summed E-state index contributed by atoms with van der Waals surface area (Å²) in [4.78, 5) is 16.8. The van der Waals surface area contributed by atoms with E-state index in [0.29, 0.717) is 16.9 Å². The van der Waals surface area contributed by atoms with Crippen LogP contribution in [0, 0.1) is 40.9 Å². The van der Waals surface area contributed by atoms with E-state index >= 15 is 0 Å². The van der Waals surface area contributed by atoms with Crippen molar-refractivity contribution < 1.29 is 9.90 Å². The second-order valence-electron chi connectivity index (χ2n) is 11.9. The molecule has 5 rings (SSSR count). The Morgan fingerprint density at radius 3 is 2.68 bits per heavy atom. The molecule has 0 spiro atoms. The quantitative estimate of drug-likeness (QED) is 0.699. The van der Waals surface area contributed by atoms with E-state index in [0.717, 1.165) is 42.4 Å². The van der Waals surface area contributed by atoms with Gasteiger partial charge in [0, 0.05) is 18.4 Å². The lowest BCUT2D eigenvalue weighted by Crippen LogP contribution is -2.52. The standard InChI is InChI=1S/C27H40N2O2/c1-17(29-25(30)19-5-4-14-28-16-19)23-8-9-24-22-7-6-18-15-26(2,31)12-10-20(18)21(22)11-13-27(23,24)3/h4-5,14,16-18,20-24,31H,6-13,15H2,1-3H3,(H,29,30)/t17-,18-,20+,21-,22-,23-,24+,26-,27-/m1/s1. The molecular formula is C27H40N2O2. The number of aliphatic hydroxyl groups is 1. The number of rotatable bonds is 3. The van der Waals surface area contributed by atoms with Gasteiger partial charge in [-0.15, -0.1) is 0 Å². The van der Waals surface area contributed by atoms with Gasteiger partial charge in [-0.25, -0.2) is 0 Å². The fraction of sp³-hybridized carbons (Fsp3) is 0.778. The zero-order chi connectivity index (χ0) is 21.8. The summed E-state index contributed by atoms with van der Waals surface area (Å²) in [5, 5.41) is 13.9. The molecule has 31 heavy (non-hydrogen) atoms. The van der Waals surface area contributed by atoms with Crippen molar-refractivity contribution >= 4 is 5.91 Å². The fourth-order valence-electron chi connectivity index (χ4n) is 8.83. The third-order valence-electron chi connectivity index (χ3n) is 10.2. The molecule has 0 aromatic carbocycles. The van der Waals surface area contributed by atoms with Crippen LogP contribution in [0.2, 0.25) is 0 Å². The molecule has 2 N–H and O–H groups in total. The fourth-order valence-corrected chi connectivity index (χ4v) is 8.83. The number of aromatic nitrogens is 1. The molecule has 1 heterocycles. The average molecular weight is 425 g/mol. The molecule has 4 aliphatic rings. The van der Waals surface area contributed by atoms with Crippen LogP contribution in [0.1, 0.15) is 88.9 Å². The van der Waals surface area contributed by atoms with Gasteiger partial charge in [0.25, 0.3) is 5.91 Å². The zero-order valence-electron chi connectivity index (χ0n) is 19.5. The van der Waals surface area contributed by atoms with E-state index in [1.54, 1.807) is 12.4 Å². The van der Waals surface area contributed by atoms with Gasteiger partial charge in [-0.2, -0.15) is 0 Å². The smallest absolute Gasteiger partial charge is 0.253 e. The molecule has 0 unspecified atom stereocenters. The number of hydrogen-bond acceptors (Lipinski definition) is 3. The molecule has 0 radical (unpaired) electrons. The number of carbonyl (C=O) groups is 1. The first-order chi connectivity index (χ1) is 14.8. The molecule has 0 aliphatic heterocycles. The van der Waals surface area contributed by atoms with Gasteiger partial charge in [0.05, 0.1) is 11.2 Å². The number of nitrogens with one attached hydrogen (secondary N) is 1. The van der Waals surface area contributed by atoms with E-state index in [1.165, 1.54) is 44.9 Å². The van der Waals surface area contributed by atoms with Crippen molar-refractivity contribution in [3.05, 3.63) is 30.1 Å². The van der Waals surface area contributed by atoms with Crippen molar-refractivity contribution in [2.45, 2.75) is 90.2 Å². The van der Waals surface area contributed by atoms with Crippen LogP contribution in [0.5, 0.6) is 0 Å². The molecule has 0 saturated heterocycles. The summed E-state index contributed by atoms with van der Waals surface area (Å²) in [5.41, 5.74) is 0.567. The Kier molecular flexibility index (Phi) is 5.44. The minimum absolute atomic E-state index is 0.0103. The molecule has 4 heteroatoms. The highest BCUT2D eigenvalue weighted by molar-refractivity contribution is 5.94. The lowest BCUT2D eigenvalue weighted by atomic mass is 9.49. The molecule has 4 fully saturated rings. The first-order valence-electron chi connectivity index (χ1n) is 12.7. The van der Waals surface area contributed by atoms with Gasteiger partial charge in [0.1, 0.15) is 0 Å². The van der Waals surface area contributed by atoms with Gasteiger partial charge in [-0.05, 0) is 125 Å². The van der Waals surface area contributed by atoms with E-state index in [9.17, 15) is 9.90 Å². The predicted octanol–water partition coefficient (Wildman–Crippen LogP) is 5.22. The van der Waals surface area contributed by atoms with Gasteiger partial charge < -0.3 is 10.4 Å². The van der Waals surface area contributed by atoms with E-state index in [4.69, 9.17) is 0 Å². The highest BCUT2D eigenvalue weighted by atomic mass is 16.3. The van der Waals surface area contributed by atoms with Crippen LogP contribution < -0.4 is 5.32 Å². The summed E-state index contributed by atoms with van der Waals surface area (Å²) in [6.07, 6.45) is 14.5. The van der Waals surface area contributed by atoms with Crippen LogP contribution in [0.3, 0.4) is 0 Å². The molecule has 170 valence electrons. The Bertz CT molecular complexity index is 809. The SMILES string of the molecule is C[C@@H](NC(=O)c1cccnc1)[C@H]1CC[C@H]2[C@@H]3CC[C@@H]4C[C@](C)(O)CC[C@@H]4[C@H]3CC[C@]12C. The molecule has 0 bridgehead atoms. The molecule has 1 aromatic rings. The van der Waals surface area contributed by atoms with Crippen LogP contribution in [-0.2, 0) is 0 Å². The largest absolute Gasteiger partial charge is 0.390 e. The van der Waals surface area contributed by atoms with Crippen LogP contribution >= 0.6 is 0 Å². The van der Waals surface area contributed by atoms with Crippen molar-refractivity contribution in [1.29, 1.82) is 0 Å². The number of nitrogens with zero attached hydrogens (tertiary/aromatic N) is 1. The van der Waals surface area contributed by atoms with E-state index in [1.807, 2.05) is 12.1 Å². The summed E-state index contributed by atoms with van der Waals surface area (Å²) in [7, 11) is 0. The normalized spacial score (nSPS) is 45.2. The molecular weight excluding hydrogens is 384 g/mol. The van der Waals surface area contributed by atoms with Crippen molar-refractivity contribution in [3.8, 4) is 0 Å². The zero-order valence-corrected chi connectivity index (χ0v) is 19.5. The number of amides is 1. The van der Waals surface area contributed by atoms with Crippen molar-refractivity contribution in [2.75, 3.05) is 0 Å². The van der Waals surface area contributed by atoms with E-state index in [2.05, 4.69) is 31.1 Å². The van der Waals surface area contributed by atoms with Crippen LogP contribution in [-0.4, -0.2) is 27.6 Å². The lowest BCUT2D eigenvalue weighted by molar-refractivity contribution is -0.101. The average Bonchev–Trinajstić information content (AvgIpc) is 3.10. The second kappa shape index (κ2) is 7.86. The molecule has 1 amide bonds. The minimum Gasteiger partial charge on any atom is -0.390 e. The molecule has 1 aromatic heterocycles. The predicted molar refractivity (Wildman–Crippen MR) is 122 cm³/mol. The number of carbonyl (C=O) groups excluding carboxylic acids is 1. The third kappa shape index (κ3) is 3.73. The van der Waals surface area contributed by atoms with Crippen LogP contribution in [0.4, 0.5) is 0 Å². The van der Waals surface area contributed by atoms with Crippen molar-refractivity contribution in [3.63, 3.8) is 0 Å². The summed E-state index contributed by atoms with van der Waals surface area (Å²) < 4.78 is 0. The third-order valence-corrected chi connectivity index (χ3v) is 10.2. The maximum atomic E-state index is 12.7. The Morgan fingerprint density at radius 2 is 1.90 bits per heavy atom. The van der Waals surface area contributed by atoms with E-state index in [-0.39, 0.29) is 11.9 Å². The topological polar surface area (TPSA) is 62.2 Å². The summed E-state index contributed by atoms with van der Waals surface area (Å²) in [5.74, 6) is 4.67. The maximum Gasteiger partial charge on any atom is 0.253 e. The summed E-state index contributed by atoms with van der Waals surface area (Å²) >= 11 is 0. The Labute approximate surface area is 187 Å². The van der Waals surface area contributed by atoms with Crippen LogP contribution in [0.25, 0.3) is 0 Å². The van der Waals surface area contributed by atoms with Gasteiger partial charge in [0.2, 0.25) is 0 Å². The second-order valence-corrected chi connectivity index (χ2v) is 11.9. The van der Waals surface area contributed by atoms with Crippen molar-refractivity contribution in [2.24, 2.45) is 40.9 Å². The van der Waals surface area contributed by atoms with Gasteiger partial charge >= 0.3 is 0 Å². The van der Waals surface area contributed by atoms with Gasteiger partial charge in [-0.3, -0.25) is 9.78 Å². The molecule has 9 atom stereocenters. The van der Waals surface area contributed by atoms with Gasteiger partial charge in [-0.1, -0.05) is 6.92 Å². The molecule has 4 aliphatic carbocycles. The maximum absolute atomic E-state index is 12.7. The number of pyridine rings is 1. The monoisotopic (exact) mass is 424 g/mol. The summed E-state index contributed by atoms with van der Waals surface area (Å²) in [6.45, 7) is 6.81. The Morgan fingerprint density at radius 1 is 1.10 bits per heavy atom. The van der Waals surface area contributed by atoms with E-state index < -0.39 is 5.60 Å². The lowest BCUT2D eigenvalue weighted by Gasteiger charge is -2.57. The molecule has 4 saturated carbocycles. The Balaban J connectivity index is 1.28. The summed E-state index contributed by atoms with van der Waals surface area (Å²) in [6, 6.07) is 3.87. The first-order valence-corrected chi connectivity index (χ1v) is 12.7. The highest BCUT2D eigenvalue weighted by Gasteiger charge is 2.58. The Hall–Kier alpha value is -1.42. The highest BCUT2D eigenvalue weighted by Crippen LogP contribution is 2.65. The van der Waals surface area contributed by atoms with Gasteiger partial charge in [0.15, 0.2) is 0 Å². The molecule has 4 nitrogen and oxygen atoms in total.